The summed E-state index contributed by atoms with van der Waals surface area (Å²) in [6, 6.07) is 6.00. The van der Waals surface area contributed by atoms with Gasteiger partial charge in [0.15, 0.2) is 0 Å². The second-order valence-electron chi connectivity index (χ2n) is 5.75. The fourth-order valence-electron chi connectivity index (χ4n) is 3.06. The number of carbonyl (C=O) groups excluding carboxylic acids is 1. The van der Waals surface area contributed by atoms with Crippen molar-refractivity contribution in [3.8, 4) is 5.75 Å². The van der Waals surface area contributed by atoms with Crippen LogP contribution in [0.25, 0.3) is 0 Å². The van der Waals surface area contributed by atoms with Crippen LogP contribution in [0.15, 0.2) is 18.2 Å². The monoisotopic (exact) mass is 292 g/mol. The van der Waals surface area contributed by atoms with E-state index in [9.17, 15) is 9.90 Å². The molecule has 0 aromatic heterocycles. The zero-order valence-electron chi connectivity index (χ0n) is 12.9. The van der Waals surface area contributed by atoms with E-state index in [-0.39, 0.29) is 11.8 Å². The van der Waals surface area contributed by atoms with Crippen LogP contribution in [0.3, 0.4) is 0 Å². The summed E-state index contributed by atoms with van der Waals surface area (Å²) in [5.74, 6) is 0.263. The molecule has 5 nitrogen and oxygen atoms in total. The number of hydrogen-bond acceptors (Lipinski definition) is 4. The Morgan fingerprint density at radius 3 is 2.76 bits per heavy atom. The van der Waals surface area contributed by atoms with Gasteiger partial charge in [0.05, 0.1) is 19.1 Å². The molecule has 5 heteroatoms. The van der Waals surface area contributed by atoms with E-state index < -0.39 is 6.10 Å². The van der Waals surface area contributed by atoms with Crippen LogP contribution < -0.4 is 15.4 Å². The van der Waals surface area contributed by atoms with Crippen molar-refractivity contribution in [1.82, 2.24) is 0 Å². The lowest BCUT2D eigenvalue weighted by molar-refractivity contribution is -0.122. The maximum atomic E-state index is 11.5. The first-order valence-electron chi connectivity index (χ1n) is 7.36. The molecule has 3 N–H and O–H groups in total. The van der Waals surface area contributed by atoms with Crippen molar-refractivity contribution in [3.05, 3.63) is 23.8 Å². The number of nitrogens with two attached hydrogens (primary N) is 1. The van der Waals surface area contributed by atoms with Gasteiger partial charge in [-0.3, -0.25) is 4.79 Å². The number of aliphatic hydroxyl groups is 1. The van der Waals surface area contributed by atoms with Gasteiger partial charge in [0.1, 0.15) is 5.75 Å². The Morgan fingerprint density at radius 1 is 1.48 bits per heavy atom. The summed E-state index contributed by atoms with van der Waals surface area (Å²) in [7, 11) is 1.59. The van der Waals surface area contributed by atoms with Crippen LogP contribution in [0.4, 0.5) is 5.69 Å². The lowest BCUT2D eigenvalue weighted by Crippen LogP contribution is -2.46. The number of primary amides is 1. The molecule has 0 radical (unpaired) electrons. The number of piperidine rings is 1. The zero-order chi connectivity index (χ0) is 15.6. The predicted molar refractivity (Wildman–Crippen MR) is 82.4 cm³/mol. The molecule has 1 aliphatic rings. The Labute approximate surface area is 125 Å². The zero-order valence-corrected chi connectivity index (χ0v) is 12.9. The van der Waals surface area contributed by atoms with E-state index >= 15 is 0 Å². The molecule has 1 aromatic rings. The van der Waals surface area contributed by atoms with Crippen LogP contribution in [-0.2, 0) is 4.79 Å². The summed E-state index contributed by atoms with van der Waals surface area (Å²) >= 11 is 0. The SMILES string of the molecule is COc1cccc(N2CC(C(N)=O)CCC2C)c1[C@@H](C)O. The highest BCUT2D eigenvalue weighted by Crippen LogP contribution is 2.38. The number of anilines is 1. The Bertz CT molecular complexity index is 516. The van der Waals surface area contributed by atoms with Crippen LogP contribution in [-0.4, -0.2) is 30.7 Å². The summed E-state index contributed by atoms with van der Waals surface area (Å²) in [6.45, 7) is 4.44. The third-order valence-corrected chi connectivity index (χ3v) is 4.27. The van der Waals surface area contributed by atoms with E-state index in [4.69, 9.17) is 10.5 Å². The van der Waals surface area contributed by atoms with E-state index in [2.05, 4.69) is 11.8 Å². The van der Waals surface area contributed by atoms with Crippen molar-refractivity contribution < 1.29 is 14.6 Å². The van der Waals surface area contributed by atoms with Gasteiger partial charge in [0, 0.05) is 23.8 Å². The van der Waals surface area contributed by atoms with Crippen molar-refractivity contribution >= 4 is 11.6 Å². The third-order valence-electron chi connectivity index (χ3n) is 4.27. The predicted octanol–water partition coefficient (Wildman–Crippen LogP) is 1.84. The average molecular weight is 292 g/mol. The summed E-state index contributed by atoms with van der Waals surface area (Å²) in [5, 5.41) is 10.1. The number of ether oxygens (including phenoxy) is 1. The first-order chi connectivity index (χ1) is 9.95. The van der Waals surface area contributed by atoms with Crippen LogP contribution in [0, 0.1) is 5.92 Å². The van der Waals surface area contributed by atoms with Gasteiger partial charge in [-0.05, 0) is 38.8 Å². The molecule has 2 rings (SSSR count). The molecule has 0 bridgehead atoms. The van der Waals surface area contributed by atoms with Crippen molar-refractivity contribution in [2.24, 2.45) is 11.7 Å². The van der Waals surface area contributed by atoms with Gasteiger partial charge in [0.2, 0.25) is 5.91 Å². The van der Waals surface area contributed by atoms with Crippen molar-refractivity contribution in [2.75, 3.05) is 18.6 Å². The second kappa shape index (κ2) is 6.35. The molecule has 0 spiro atoms. The smallest absolute Gasteiger partial charge is 0.222 e. The highest BCUT2D eigenvalue weighted by Gasteiger charge is 2.31. The molecule has 1 amide bonds. The summed E-state index contributed by atoms with van der Waals surface area (Å²) < 4.78 is 5.37. The third kappa shape index (κ3) is 3.13. The highest BCUT2D eigenvalue weighted by molar-refractivity contribution is 5.78. The molecular weight excluding hydrogens is 268 g/mol. The number of carbonyl (C=O) groups is 1. The maximum absolute atomic E-state index is 11.5. The summed E-state index contributed by atoms with van der Waals surface area (Å²) in [4.78, 5) is 13.7. The minimum absolute atomic E-state index is 0.144. The van der Waals surface area contributed by atoms with Gasteiger partial charge in [0.25, 0.3) is 0 Å². The molecule has 116 valence electrons. The van der Waals surface area contributed by atoms with E-state index in [1.165, 1.54) is 0 Å². The first-order valence-corrected chi connectivity index (χ1v) is 7.36. The topological polar surface area (TPSA) is 75.8 Å². The quantitative estimate of drug-likeness (QED) is 0.888. The molecule has 1 fully saturated rings. The van der Waals surface area contributed by atoms with E-state index in [0.717, 1.165) is 24.1 Å². The number of benzene rings is 1. The number of hydrogen-bond donors (Lipinski definition) is 2. The summed E-state index contributed by atoms with van der Waals surface area (Å²) in [5.41, 5.74) is 7.15. The number of aliphatic hydroxyl groups excluding tert-OH is 1. The highest BCUT2D eigenvalue weighted by atomic mass is 16.5. The van der Waals surface area contributed by atoms with Crippen molar-refractivity contribution in [2.45, 2.75) is 38.8 Å². The molecule has 1 aliphatic heterocycles. The molecule has 3 atom stereocenters. The Balaban J connectivity index is 2.41. The van der Waals surface area contributed by atoms with Crippen molar-refractivity contribution in [1.29, 1.82) is 0 Å². The Hall–Kier alpha value is -1.75. The number of nitrogens with zero attached hydrogens (tertiary/aromatic N) is 1. The number of rotatable bonds is 4. The average Bonchev–Trinajstić information content (AvgIpc) is 2.46. The molecule has 21 heavy (non-hydrogen) atoms. The van der Waals surface area contributed by atoms with Crippen LogP contribution in [0.5, 0.6) is 5.75 Å². The van der Waals surface area contributed by atoms with Gasteiger partial charge in [-0.15, -0.1) is 0 Å². The van der Waals surface area contributed by atoms with Crippen LogP contribution in [0.1, 0.15) is 38.4 Å². The first kappa shape index (κ1) is 15.6. The largest absolute Gasteiger partial charge is 0.496 e. The number of methoxy groups -OCH3 is 1. The molecule has 2 unspecified atom stereocenters. The van der Waals surface area contributed by atoms with E-state index in [1.54, 1.807) is 14.0 Å². The van der Waals surface area contributed by atoms with Crippen LogP contribution in [0.2, 0.25) is 0 Å². The minimum atomic E-state index is -0.641. The normalized spacial score (nSPS) is 23.7. The van der Waals surface area contributed by atoms with Crippen molar-refractivity contribution in [3.63, 3.8) is 0 Å². The number of amides is 1. The molecule has 1 aromatic carbocycles. The molecule has 1 saturated heterocycles. The lowest BCUT2D eigenvalue weighted by atomic mass is 9.91. The standard InChI is InChI=1S/C16H24N2O3/c1-10-7-8-12(16(17)20)9-18(10)13-5-4-6-14(21-3)15(13)11(2)19/h4-6,10-12,19H,7-9H2,1-3H3,(H2,17,20)/t10?,11-,12?/m1/s1. The maximum Gasteiger partial charge on any atom is 0.222 e. The van der Waals surface area contributed by atoms with E-state index in [1.807, 2.05) is 18.2 Å². The Morgan fingerprint density at radius 2 is 2.19 bits per heavy atom. The molecule has 0 aliphatic carbocycles. The van der Waals surface area contributed by atoms with Gasteiger partial charge in [-0.2, -0.15) is 0 Å². The van der Waals surface area contributed by atoms with E-state index in [0.29, 0.717) is 18.3 Å². The van der Waals surface area contributed by atoms with Gasteiger partial charge in [-0.1, -0.05) is 6.07 Å². The lowest BCUT2D eigenvalue weighted by Gasteiger charge is -2.40. The Kier molecular flexibility index (Phi) is 4.73. The van der Waals surface area contributed by atoms with Gasteiger partial charge < -0.3 is 20.5 Å². The molecule has 1 heterocycles. The second-order valence-corrected chi connectivity index (χ2v) is 5.75. The molecular formula is C16H24N2O3. The molecule has 0 saturated carbocycles. The summed E-state index contributed by atoms with van der Waals surface area (Å²) in [6.07, 6.45) is 1.09. The van der Waals surface area contributed by atoms with Gasteiger partial charge >= 0.3 is 0 Å². The van der Waals surface area contributed by atoms with Crippen LogP contribution >= 0.6 is 0 Å². The minimum Gasteiger partial charge on any atom is -0.496 e. The fraction of sp³-hybridized carbons (Fsp3) is 0.562. The van der Waals surface area contributed by atoms with Gasteiger partial charge in [-0.25, -0.2) is 0 Å². The fourth-order valence-corrected chi connectivity index (χ4v) is 3.06.